The normalized spacial score (nSPS) is 32.3. The Morgan fingerprint density at radius 2 is 1.79 bits per heavy atom. The number of carbonyl (C=O) groups is 1. The highest BCUT2D eigenvalue weighted by molar-refractivity contribution is 5.76. The molecule has 24 heavy (non-hydrogen) atoms. The number of piperidine rings is 1. The molecule has 1 N–H and O–H groups in total. The Labute approximate surface area is 143 Å². The number of likely N-dealkylation sites (tertiary alicyclic amines) is 1. The van der Waals surface area contributed by atoms with E-state index in [2.05, 4.69) is 10.2 Å². The molecule has 1 aromatic rings. The lowest BCUT2D eigenvalue weighted by Crippen LogP contribution is -2.40. The van der Waals surface area contributed by atoms with Gasteiger partial charge in [0.15, 0.2) is 0 Å². The van der Waals surface area contributed by atoms with Crippen molar-refractivity contribution in [2.45, 2.75) is 57.0 Å². The molecule has 0 aromatic heterocycles. The summed E-state index contributed by atoms with van der Waals surface area (Å²) < 4.78 is 13.0. The number of carbonyl (C=O) groups excluding carboxylic acids is 1. The van der Waals surface area contributed by atoms with Gasteiger partial charge >= 0.3 is 0 Å². The number of benzene rings is 1. The number of nitrogens with one attached hydrogen (secondary N) is 1. The van der Waals surface area contributed by atoms with Gasteiger partial charge in [-0.05, 0) is 68.1 Å². The molecule has 4 heteroatoms. The van der Waals surface area contributed by atoms with E-state index < -0.39 is 0 Å². The second-order valence-electron chi connectivity index (χ2n) is 8.00. The van der Waals surface area contributed by atoms with Crippen LogP contribution in [0.25, 0.3) is 0 Å². The quantitative estimate of drug-likeness (QED) is 0.920. The number of hydrogen-bond donors (Lipinski definition) is 1. The molecule has 3 heterocycles. The van der Waals surface area contributed by atoms with Gasteiger partial charge in [-0.15, -0.1) is 0 Å². The van der Waals surface area contributed by atoms with E-state index >= 15 is 0 Å². The molecule has 0 spiro atoms. The molecule has 3 saturated heterocycles. The SMILES string of the molecule is O=C(CC1CC2CCC(C1)N2)N1CCC(Cc2ccc(F)cc2)C1. The van der Waals surface area contributed by atoms with Crippen LogP contribution in [0.4, 0.5) is 4.39 Å². The van der Waals surface area contributed by atoms with Crippen LogP contribution in [0.2, 0.25) is 0 Å². The third-order valence-electron chi connectivity index (χ3n) is 6.11. The summed E-state index contributed by atoms with van der Waals surface area (Å²) in [7, 11) is 0. The second kappa shape index (κ2) is 6.83. The molecule has 0 aliphatic carbocycles. The monoisotopic (exact) mass is 330 g/mol. The van der Waals surface area contributed by atoms with Crippen LogP contribution in [-0.2, 0) is 11.2 Å². The minimum absolute atomic E-state index is 0.182. The molecule has 3 aliphatic rings. The highest BCUT2D eigenvalue weighted by Crippen LogP contribution is 2.33. The van der Waals surface area contributed by atoms with Crippen LogP contribution in [0.3, 0.4) is 0 Å². The van der Waals surface area contributed by atoms with Crippen molar-refractivity contribution in [2.24, 2.45) is 11.8 Å². The van der Waals surface area contributed by atoms with Crippen molar-refractivity contribution in [3.05, 3.63) is 35.6 Å². The van der Waals surface area contributed by atoms with E-state index in [9.17, 15) is 9.18 Å². The molecule has 3 fully saturated rings. The van der Waals surface area contributed by atoms with Crippen LogP contribution in [0.15, 0.2) is 24.3 Å². The maximum absolute atomic E-state index is 13.0. The Bertz CT molecular complexity index is 576. The maximum atomic E-state index is 13.0. The van der Waals surface area contributed by atoms with Crippen molar-refractivity contribution in [1.82, 2.24) is 10.2 Å². The summed E-state index contributed by atoms with van der Waals surface area (Å²) in [6.07, 6.45) is 7.68. The number of nitrogens with zero attached hydrogens (tertiary/aromatic N) is 1. The zero-order chi connectivity index (χ0) is 16.5. The summed E-state index contributed by atoms with van der Waals surface area (Å²) in [5, 5.41) is 3.65. The smallest absolute Gasteiger partial charge is 0.222 e. The standard InChI is InChI=1S/C20H27FN2O/c21-17-3-1-14(2-4-17)9-15-7-8-23(13-15)20(24)12-16-10-18-5-6-19(11-16)22-18/h1-4,15-16,18-19,22H,5-13H2. The van der Waals surface area contributed by atoms with Crippen LogP contribution in [0.5, 0.6) is 0 Å². The van der Waals surface area contributed by atoms with Crippen molar-refractivity contribution in [2.75, 3.05) is 13.1 Å². The number of hydrogen-bond acceptors (Lipinski definition) is 2. The molecule has 0 saturated carbocycles. The fourth-order valence-electron chi connectivity index (χ4n) is 4.90. The zero-order valence-electron chi connectivity index (χ0n) is 14.2. The lowest BCUT2D eigenvalue weighted by molar-refractivity contribution is -0.131. The Balaban J connectivity index is 1.26. The first kappa shape index (κ1) is 16.1. The lowest BCUT2D eigenvalue weighted by Gasteiger charge is -2.30. The number of fused-ring (bicyclic) bond motifs is 2. The minimum atomic E-state index is -0.182. The van der Waals surface area contributed by atoms with Gasteiger partial charge in [0, 0.05) is 31.6 Å². The zero-order valence-corrected chi connectivity index (χ0v) is 14.2. The van der Waals surface area contributed by atoms with Crippen LogP contribution in [0.1, 0.15) is 44.1 Å². The van der Waals surface area contributed by atoms with E-state index in [0.29, 0.717) is 29.8 Å². The van der Waals surface area contributed by atoms with Gasteiger partial charge in [-0.2, -0.15) is 0 Å². The molecular formula is C20H27FN2O. The molecule has 130 valence electrons. The predicted octanol–water partition coefficient (Wildman–Crippen LogP) is 3.14. The first-order valence-electron chi connectivity index (χ1n) is 9.44. The summed E-state index contributed by atoms with van der Waals surface area (Å²) >= 11 is 0. The van der Waals surface area contributed by atoms with Crippen molar-refractivity contribution < 1.29 is 9.18 Å². The maximum Gasteiger partial charge on any atom is 0.222 e. The largest absolute Gasteiger partial charge is 0.342 e. The summed E-state index contributed by atoms with van der Waals surface area (Å²) in [5.74, 6) is 1.26. The van der Waals surface area contributed by atoms with Crippen LogP contribution >= 0.6 is 0 Å². The fourth-order valence-corrected chi connectivity index (χ4v) is 4.90. The van der Waals surface area contributed by atoms with Crippen LogP contribution in [-0.4, -0.2) is 36.0 Å². The van der Waals surface area contributed by atoms with Gasteiger partial charge in [0.05, 0.1) is 0 Å². The van der Waals surface area contributed by atoms with Gasteiger partial charge in [-0.1, -0.05) is 12.1 Å². The molecule has 1 amide bonds. The van der Waals surface area contributed by atoms with Crippen molar-refractivity contribution in [3.8, 4) is 0 Å². The molecule has 4 rings (SSSR count). The Kier molecular flexibility index (Phi) is 4.57. The Morgan fingerprint density at radius 1 is 1.08 bits per heavy atom. The summed E-state index contributed by atoms with van der Waals surface area (Å²) in [5.41, 5.74) is 1.17. The van der Waals surface area contributed by atoms with Gasteiger partial charge in [0.1, 0.15) is 5.82 Å². The second-order valence-corrected chi connectivity index (χ2v) is 8.00. The highest BCUT2D eigenvalue weighted by atomic mass is 19.1. The number of amides is 1. The van der Waals surface area contributed by atoms with E-state index in [0.717, 1.165) is 32.4 Å². The molecule has 2 bridgehead atoms. The summed E-state index contributed by atoms with van der Waals surface area (Å²) in [6, 6.07) is 8.10. The molecule has 1 aromatic carbocycles. The van der Waals surface area contributed by atoms with Crippen molar-refractivity contribution >= 4 is 5.91 Å². The van der Waals surface area contributed by atoms with Gasteiger partial charge in [-0.25, -0.2) is 4.39 Å². The van der Waals surface area contributed by atoms with E-state index in [4.69, 9.17) is 0 Å². The average Bonchev–Trinajstić information content (AvgIpc) is 3.16. The average molecular weight is 330 g/mol. The Morgan fingerprint density at radius 3 is 2.50 bits per heavy atom. The fraction of sp³-hybridized carbons (Fsp3) is 0.650. The van der Waals surface area contributed by atoms with Crippen LogP contribution < -0.4 is 5.32 Å². The summed E-state index contributed by atoms with van der Waals surface area (Å²) in [4.78, 5) is 14.7. The van der Waals surface area contributed by atoms with E-state index in [1.165, 1.54) is 43.4 Å². The van der Waals surface area contributed by atoms with Gasteiger partial charge in [0.2, 0.25) is 5.91 Å². The van der Waals surface area contributed by atoms with E-state index in [1.807, 2.05) is 12.1 Å². The first-order chi connectivity index (χ1) is 11.7. The number of rotatable bonds is 4. The van der Waals surface area contributed by atoms with E-state index in [-0.39, 0.29) is 5.82 Å². The third-order valence-corrected chi connectivity index (χ3v) is 6.11. The highest BCUT2D eigenvalue weighted by Gasteiger charge is 2.35. The molecule has 3 unspecified atom stereocenters. The van der Waals surface area contributed by atoms with Gasteiger partial charge in [0.25, 0.3) is 0 Å². The minimum Gasteiger partial charge on any atom is -0.342 e. The molecular weight excluding hydrogens is 303 g/mol. The number of halogens is 1. The Hall–Kier alpha value is -1.42. The van der Waals surface area contributed by atoms with E-state index in [1.54, 1.807) is 0 Å². The molecule has 3 atom stereocenters. The molecule has 3 nitrogen and oxygen atoms in total. The molecule has 3 aliphatic heterocycles. The van der Waals surface area contributed by atoms with Gasteiger partial charge < -0.3 is 10.2 Å². The molecule has 0 radical (unpaired) electrons. The first-order valence-corrected chi connectivity index (χ1v) is 9.44. The topological polar surface area (TPSA) is 32.3 Å². The van der Waals surface area contributed by atoms with Gasteiger partial charge in [-0.3, -0.25) is 4.79 Å². The van der Waals surface area contributed by atoms with Crippen LogP contribution in [0, 0.1) is 17.7 Å². The third kappa shape index (κ3) is 3.64. The van der Waals surface area contributed by atoms with Crippen molar-refractivity contribution in [3.63, 3.8) is 0 Å². The lowest BCUT2D eigenvalue weighted by atomic mass is 9.89. The summed E-state index contributed by atoms with van der Waals surface area (Å²) in [6.45, 7) is 1.76. The van der Waals surface area contributed by atoms with Crippen molar-refractivity contribution in [1.29, 1.82) is 0 Å². The predicted molar refractivity (Wildman–Crippen MR) is 92.1 cm³/mol.